The standard InChI is InChI=1S/C11H14F2N2O3/c1-2-14-9-4-3-8(5-10(9)15(16)17)6-18-7-11(12)13/h3-5,11,14H,2,6-7H2,1H3. The highest BCUT2D eigenvalue weighted by molar-refractivity contribution is 5.62. The third kappa shape index (κ3) is 4.25. The zero-order chi connectivity index (χ0) is 13.5. The molecule has 0 heterocycles. The van der Waals surface area contributed by atoms with Crippen LogP contribution in [0.25, 0.3) is 0 Å². The van der Waals surface area contributed by atoms with Crippen LogP contribution in [0.2, 0.25) is 0 Å². The van der Waals surface area contributed by atoms with Crippen LogP contribution in [0.3, 0.4) is 0 Å². The Hall–Kier alpha value is -1.76. The van der Waals surface area contributed by atoms with Crippen molar-refractivity contribution in [2.75, 3.05) is 18.5 Å². The van der Waals surface area contributed by atoms with E-state index >= 15 is 0 Å². The molecule has 0 aliphatic rings. The third-order valence-corrected chi connectivity index (χ3v) is 2.14. The van der Waals surface area contributed by atoms with Crippen LogP contribution in [0.1, 0.15) is 12.5 Å². The summed E-state index contributed by atoms with van der Waals surface area (Å²) in [6, 6.07) is 4.47. The summed E-state index contributed by atoms with van der Waals surface area (Å²) in [6.45, 7) is 1.63. The van der Waals surface area contributed by atoms with Crippen LogP contribution in [-0.4, -0.2) is 24.5 Å². The number of nitro benzene ring substituents is 1. The Kier molecular flexibility index (Phi) is 5.44. The lowest BCUT2D eigenvalue weighted by molar-refractivity contribution is -0.384. The summed E-state index contributed by atoms with van der Waals surface area (Å²) < 4.78 is 28.5. The maximum atomic E-state index is 11.9. The van der Waals surface area contributed by atoms with Crippen LogP contribution in [0.4, 0.5) is 20.2 Å². The molecule has 0 unspecified atom stereocenters. The summed E-state index contributed by atoms with van der Waals surface area (Å²) in [6.07, 6.45) is -2.54. The minimum Gasteiger partial charge on any atom is -0.380 e. The molecule has 0 aromatic heterocycles. The van der Waals surface area contributed by atoms with Gasteiger partial charge in [0.2, 0.25) is 0 Å². The molecule has 7 heteroatoms. The molecular formula is C11H14F2N2O3. The number of nitrogens with zero attached hydrogens (tertiary/aromatic N) is 1. The third-order valence-electron chi connectivity index (χ3n) is 2.14. The van der Waals surface area contributed by atoms with Gasteiger partial charge < -0.3 is 10.1 Å². The predicted octanol–water partition coefficient (Wildman–Crippen LogP) is 2.81. The topological polar surface area (TPSA) is 64.4 Å². The molecule has 0 radical (unpaired) electrons. The second-order valence-corrected chi connectivity index (χ2v) is 3.55. The van der Waals surface area contributed by atoms with Crippen molar-refractivity contribution < 1.29 is 18.4 Å². The SMILES string of the molecule is CCNc1ccc(COCC(F)F)cc1[N+](=O)[O-]. The number of halogens is 2. The Morgan fingerprint density at radius 3 is 2.78 bits per heavy atom. The summed E-state index contributed by atoms with van der Waals surface area (Å²) in [4.78, 5) is 10.3. The van der Waals surface area contributed by atoms with Gasteiger partial charge in [0.25, 0.3) is 12.1 Å². The first-order chi connectivity index (χ1) is 8.54. The van der Waals surface area contributed by atoms with Gasteiger partial charge in [0.05, 0.1) is 11.5 Å². The summed E-state index contributed by atoms with van der Waals surface area (Å²) in [5, 5.41) is 13.7. The molecule has 0 spiro atoms. The van der Waals surface area contributed by atoms with E-state index in [1.165, 1.54) is 6.07 Å². The second-order valence-electron chi connectivity index (χ2n) is 3.55. The summed E-state index contributed by atoms with van der Waals surface area (Å²) >= 11 is 0. The van der Waals surface area contributed by atoms with Gasteiger partial charge in [0.1, 0.15) is 12.3 Å². The van der Waals surface area contributed by atoms with Crippen molar-refractivity contribution in [3.8, 4) is 0 Å². The van der Waals surface area contributed by atoms with Crippen LogP contribution in [0, 0.1) is 10.1 Å². The highest BCUT2D eigenvalue weighted by Gasteiger charge is 2.14. The van der Waals surface area contributed by atoms with E-state index in [4.69, 9.17) is 4.74 Å². The minimum atomic E-state index is -2.54. The average molecular weight is 260 g/mol. The van der Waals surface area contributed by atoms with Gasteiger partial charge in [-0.25, -0.2) is 8.78 Å². The second kappa shape index (κ2) is 6.85. The molecule has 1 aromatic rings. The Balaban J connectivity index is 2.76. The van der Waals surface area contributed by atoms with Crippen LogP contribution in [0.15, 0.2) is 18.2 Å². The van der Waals surface area contributed by atoms with E-state index in [9.17, 15) is 18.9 Å². The zero-order valence-electron chi connectivity index (χ0n) is 9.86. The highest BCUT2D eigenvalue weighted by Crippen LogP contribution is 2.25. The van der Waals surface area contributed by atoms with Crippen molar-refractivity contribution in [1.82, 2.24) is 0 Å². The van der Waals surface area contributed by atoms with Gasteiger partial charge in [0, 0.05) is 12.6 Å². The first-order valence-corrected chi connectivity index (χ1v) is 5.41. The monoisotopic (exact) mass is 260 g/mol. The minimum absolute atomic E-state index is 0.0718. The number of hydrogen-bond donors (Lipinski definition) is 1. The van der Waals surface area contributed by atoms with Gasteiger partial charge in [-0.2, -0.15) is 0 Å². The van der Waals surface area contributed by atoms with Crippen molar-refractivity contribution >= 4 is 11.4 Å². The largest absolute Gasteiger partial charge is 0.380 e. The molecule has 0 bridgehead atoms. The molecular weight excluding hydrogens is 246 g/mol. The number of nitro groups is 1. The maximum Gasteiger partial charge on any atom is 0.292 e. The smallest absolute Gasteiger partial charge is 0.292 e. The molecule has 0 aliphatic heterocycles. The van der Waals surface area contributed by atoms with Crippen LogP contribution in [-0.2, 0) is 11.3 Å². The van der Waals surface area contributed by atoms with Crippen LogP contribution < -0.4 is 5.32 Å². The molecule has 0 fully saturated rings. The lowest BCUT2D eigenvalue weighted by Gasteiger charge is -2.07. The fourth-order valence-corrected chi connectivity index (χ4v) is 1.42. The molecule has 0 saturated heterocycles. The van der Waals surface area contributed by atoms with Gasteiger partial charge >= 0.3 is 0 Å². The Morgan fingerprint density at radius 2 is 2.22 bits per heavy atom. The van der Waals surface area contributed by atoms with Crippen molar-refractivity contribution in [3.05, 3.63) is 33.9 Å². The molecule has 1 aromatic carbocycles. The molecule has 0 saturated carbocycles. The molecule has 100 valence electrons. The van der Waals surface area contributed by atoms with E-state index in [0.717, 1.165) is 0 Å². The van der Waals surface area contributed by atoms with E-state index in [1.807, 2.05) is 6.92 Å². The maximum absolute atomic E-state index is 11.9. The summed E-state index contributed by atoms with van der Waals surface area (Å²) in [5.41, 5.74) is 0.805. The van der Waals surface area contributed by atoms with Gasteiger partial charge in [-0.15, -0.1) is 0 Å². The van der Waals surface area contributed by atoms with Crippen molar-refractivity contribution in [2.45, 2.75) is 20.0 Å². The fraction of sp³-hybridized carbons (Fsp3) is 0.455. The number of nitrogens with one attached hydrogen (secondary N) is 1. The number of ether oxygens (including phenoxy) is 1. The molecule has 0 amide bonds. The lowest BCUT2D eigenvalue weighted by atomic mass is 10.2. The lowest BCUT2D eigenvalue weighted by Crippen LogP contribution is -2.05. The number of rotatable bonds is 7. The van der Waals surface area contributed by atoms with Gasteiger partial charge in [-0.05, 0) is 18.6 Å². The average Bonchev–Trinajstić information content (AvgIpc) is 2.30. The van der Waals surface area contributed by atoms with E-state index < -0.39 is 18.0 Å². The van der Waals surface area contributed by atoms with E-state index in [-0.39, 0.29) is 12.3 Å². The summed E-state index contributed by atoms with van der Waals surface area (Å²) in [7, 11) is 0. The van der Waals surface area contributed by atoms with E-state index in [1.54, 1.807) is 12.1 Å². The molecule has 5 nitrogen and oxygen atoms in total. The Bertz CT molecular complexity index is 413. The zero-order valence-corrected chi connectivity index (χ0v) is 9.86. The first-order valence-electron chi connectivity index (χ1n) is 5.41. The van der Waals surface area contributed by atoms with Gasteiger partial charge in [0.15, 0.2) is 0 Å². The van der Waals surface area contributed by atoms with Crippen molar-refractivity contribution in [3.63, 3.8) is 0 Å². The normalized spacial score (nSPS) is 10.7. The summed E-state index contributed by atoms with van der Waals surface area (Å²) in [5.74, 6) is 0. The molecule has 1 rings (SSSR count). The van der Waals surface area contributed by atoms with Gasteiger partial charge in [-0.3, -0.25) is 10.1 Å². The molecule has 0 aliphatic carbocycles. The molecule has 1 N–H and O–H groups in total. The number of hydrogen-bond acceptors (Lipinski definition) is 4. The van der Waals surface area contributed by atoms with Crippen LogP contribution >= 0.6 is 0 Å². The molecule has 18 heavy (non-hydrogen) atoms. The van der Waals surface area contributed by atoms with Crippen molar-refractivity contribution in [1.29, 1.82) is 0 Å². The highest BCUT2D eigenvalue weighted by atomic mass is 19.3. The number of benzene rings is 1. The predicted molar refractivity (Wildman–Crippen MR) is 62.9 cm³/mol. The fourth-order valence-electron chi connectivity index (χ4n) is 1.42. The van der Waals surface area contributed by atoms with Gasteiger partial charge in [-0.1, -0.05) is 6.07 Å². The van der Waals surface area contributed by atoms with Crippen LogP contribution in [0.5, 0.6) is 0 Å². The number of alkyl halides is 2. The quantitative estimate of drug-likeness (QED) is 0.604. The Labute approximate surface area is 103 Å². The van der Waals surface area contributed by atoms with E-state index in [2.05, 4.69) is 5.32 Å². The Morgan fingerprint density at radius 1 is 1.50 bits per heavy atom. The van der Waals surface area contributed by atoms with E-state index in [0.29, 0.717) is 17.8 Å². The first kappa shape index (κ1) is 14.3. The number of anilines is 1. The molecule has 0 atom stereocenters. The van der Waals surface area contributed by atoms with Crippen molar-refractivity contribution in [2.24, 2.45) is 0 Å².